The van der Waals surface area contributed by atoms with E-state index in [0.29, 0.717) is 6.61 Å². The van der Waals surface area contributed by atoms with Gasteiger partial charge in [-0.15, -0.1) is 0 Å². The van der Waals surface area contributed by atoms with Crippen molar-refractivity contribution in [3.8, 4) is 0 Å². The summed E-state index contributed by atoms with van der Waals surface area (Å²) in [5.41, 5.74) is 0.176. The fraction of sp³-hybridized carbons (Fsp3) is 0.760. The molecule has 0 rings (SSSR count). The Morgan fingerprint density at radius 2 is 1.07 bits per heavy atom. The lowest BCUT2D eigenvalue weighted by molar-refractivity contribution is -0.138. The van der Waals surface area contributed by atoms with E-state index in [4.69, 9.17) is 9.84 Å². The van der Waals surface area contributed by atoms with E-state index >= 15 is 0 Å². The molecule has 0 bridgehead atoms. The molecule has 0 amide bonds. The van der Waals surface area contributed by atoms with Crippen molar-refractivity contribution in [1.82, 2.24) is 0 Å². The van der Waals surface area contributed by atoms with Gasteiger partial charge in [0.1, 0.15) is 0 Å². The first kappa shape index (κ1) is 29.6. The van der Waals surface area contributed by atoms with Crippen molar-refractivity contribution in [1.29, 1.82) is 0 Å². The van der Waals surface area contributed by atoms with E-state index in [9.17, 15) is 9.59 Å². The Bertz CT molecular complexity index is 403. The van der Waals surface area contributed by atoms with Crippen LogP contribution >= 0.6 is 0 Å². The van der Waals surface area contributed by atoms with Gasteiger partial charge < -0.3 is 9.84 Å². The number of esters is 1. The average molecular weight is 411 g/mol. The van der Waals surface area contributed by atoms with E-state index in [0.717, 1.165) is 6.42 Å². The number of rotatable bonds is 19. The van der Waals surface area contributed by atoms with Crippen LogP contribution in [0.25, 0.3) is 0 Å². The zero-order chi connectivity index (χ0) is 22.2. The summed E-state index contributed by atoms with van der Waals surface area (Å²) in [7, 11) is 0. The number of aliphatic carboxylic acids is 1. The lowest BCUT2D eigenvalue weighted by atomic mass is 10.0. The van der Waals surface area contributed by atoms with Gasteiger partial charge in [0.05, 0.1) is 6.61 Å². The quantitative estimate of drug-likeness (QED) is 0.135. The number of unbranched alkanes of at least 4 members (excludes halogenated alkanes) is 15. The Morgan fingerprint density at radius 1 is 0.759 bits per heavy atom. The van der Waals surface area contributed by atoms with Crippen LogP contribution in [-0.4, -0.2) is 23.7 Å². The topological polar surface area (TPSA) is 63.6 Å². The van der Waals surface area contributed by atoms with Gasteiger partial charge in [-0.1, -0.05) is 116 Å². The van der Waals surface area contributed by atoms with Gasteiger partial charge in [0.25, 0.3) is 0 Å². The molecular weight excluding hydrogens is 364 g/mol. The molecule has 29 heavy (non-hydrogen) atoms. The SMILES string of the molecule is C=C(C)C(=O)O.C=CC(=O)OCCCCCCCCCCCCCCCCCC. The predicted molar refractivity (Wildman–Crippen MR) is 123 cm³/mol. The van der Waals surface area contributed by atoms with E-state index in [1.54, 1.807) is 0 Å². The summed E-state index contributed by atoms with van der Waals surface area (Å²) >= 11 is 0. The third-order valence-corrected chi connectivity index (χ3v) is 4.77. The minimum atomic E-state index is -0.935. The van der Waals surface area contributed by atoms with Crippen LogP contribution in [0.3, 0.4) is 0 Å². The summed E-state index contributed by atoms with van der Waals surface area (Å²) in [4.78, 5) is 20.4. The monoisotopic (exact) mass is 410 g/mol. The van der Waals surface area contributed by atoms with Gasteiger partial charge in [0, 0.05) is 11.6 Å². The Kier molecular flexibility index (Phi) is 25.0. The number of carbonyl (C=O) groups is 2. The number of hydrogen-bond acceptors (Lipinski definition) is 3. The van der Waals surface area contributed by atoms with E-state index < -0.39 is 5.97 Å². The molecule has 0 aromatic heterocycles. The molecule has 0 aromatic carbocycles. The summed E-state index contributed by atoms with van der Waals surface area (Å²) in [5, 5.41) is 7.89. The van der Waals surface area contributed by atoms with E-state index in [1.165, 1.54) is 109 Å². The lowest BCUT2D eigenvalue weighted by Crippen LogP contribution is -2.01. The molecule has 4 nitrogen and oxygen atoms in total. The Labute approximate surface area is 179 Å². The van der Waals surface area contributed by atoms with Gasteiger partial charge in [0.2, 0.25) is 0 Å². The molecule has 0 heterocycles. The molecule has 0 aliphatic carbocycles. The second kappa shape index (κ2) is 24.5. The van der Waals surface area contributed by atoms with Gasteiger partial charge in [-0.25, -0.2) is 9.59 Å². The minimum Gasteiger partial charge on any atom is -0.478 e. The van der Waals surface area contributed by atoms with Crippen LogP contribution < -0.4 is 0 Å². The van der Waals surface area contributed by atoms with Crippen LogP contribution in [0.5, 0.6) is 0 Å². The Hall–Kier alpha value is -1.58. The molecule has 0 aliphatic rings. The Morgan fingerprint density at radius 3 is 1.34 bits per heavy atom. The van der Waals surface area contributed by atoms with Gasteiger partial charge >= 0.3 is 11.9 Å². The minimum absolute atomic E-state index is 0.176. The van der Waals surface area contributed by atoms with Crippen LogP contribution in [0.4, 0.5) is 0 Å². The molecule has 0 saturated carbocycles. The number of hydrogen-bond donors (Lipinski definition) is 1. The first-order chi connectivity index (χ1) is 14.0. The third kappa shape index (κ3) is 28.7. The van der Waals surface area contributed by atoms with Crippen LogP contribution in [0.1, 0.15) is 117 Å². The summed E-state index contributed by atoms with van der Waals surface area (Å²) in [6.07, 6.45) is 23.0. The highest BCUT2D eigenvalue weighted by Crippen LogP contribution is 2.13. The molecule has 0 spiro atoms. The van der Waals surface area contributed by atoms with E-state index in [1.807, 2.05) is 0 Å². The van der Waals surface area contributed by atoms with Crippen LogP contribution in [-0.2, 0) is 14.3 Å². The number of carboxylic acids is 1. The van der Waals surface area contributed by atoms with Crippen molar-refractivity contribution >= 4 is 11.9 Å². The highest BCUT2D eigenvalue weighted by Gasteiger charge is 1.96. The molecule has 0 radical (unpaired) electrons. The lowest BCUT2D eigenvalue weighted by Gasteiger charge is -2.04. The second-order valence-corrected chi connectivity index (χ2v) is 7.76. The molecule has 170 valence electrons. The largest absolute Gasteiger partial charge is 0.478 e. The molecule has 0 unspecified atom stereocenters. The number of ether oxygens (including phenoxy) is 1. The molecular formula is C25H46O4. The van der Waals surface area contributed by atoms with Crippen LogP contribution in [0, 0.1) is 0 Å². The normalized spacial score (nSPS) is 10.0. The first-order valence-corrected chi connectivity index (χ1v) is 11.6. The van der Waals surface area contributed by atoms with Crippen molar-refractivity contribution in [3.63, 3.8) is 0 Å². The van der Waals surface area contributed by atoms with Gasteiger partial charge in [-0.3, -0.25) is 0 Å². The van der Waals surface area contributed by atoms with Crippen molar-refractivity contribution in [2.75, 3.05) is 6.61 Å². The van der Waals surface area contributed by atoms with Crippen molar-refractivity contribution in [2.45, 2.75) is 117 Å². The zero-order valence-corrected chi connectivity index (χ0v) is 19.2. The maximum Gasteiger partial charge on any atom is 0.330 e. The maximum atomic E-state index is 10.8. The first-order valence-electron chi connectivity index (χ1n) is 11.6. The molecule has 4 heteroatoms. The fourth-order valence-electron chi connectivity index (χ4n) is 2.88. The van der Waals surface area contributed by atoms with Gasteiger partial charge in [-0.05, 0) is 13.3 Å². The predicted octanol–water partition coefficient (Wildman–Crippen LogP) is 7.62. The summed E-state index contributed by atoms with van der Waals surface area (Å²) in [5.74, 6) is -1.24. The van der Waals surface area contributed by atoms with Crippen molar-refractivity contribution < 1.29 is 19.4 Å². The molecule has 1 N–H and O–H groups in total. The summed E-state index contributed by atoms with van der Waals surface area (Å²) < 4.78 is 4.95. The summed E-state index contributed by atoms with van der Waals surface area (Å²) in [6, 6.07) is 0. The smallest absolute Gasteiger partial charge is 0.330 e. The number of carboxylic acid groups (broad SMARTS) is 1. The molecule has 0 saturated heterocycles. The zero-order valence-electron chi connectivity index (χ0n) is 19.2. The van der Waals surface area contributed by atoms with Crippen LogP contribution in [0.15, 0.2) is 24.8 Å². The highest BCUT2D eigenvalue weighted by atomic mass is 16.5. The third-order valence-electron chi connectivity index (χ3n) is 4.77. The fourth-order valence-corrected chi connectivity index (χ4v) is 2.88. The van der Waals surface area contributed by atoms with Crippen molar-refractivity contribution in [3.05, 3.63) is 24.8 Å². The average Bonchev–Trinajstić information content (AvgIpc) is 2.70. The molecule has 0 atom stereocenters. The van der Waals surface area contributed by atoms with Gasteiger partial charge in [-0.2, -0.15) is 0 Å². The molecule has 0 aromatic rings. The molecule has 0 fully saturated rings. The standard InChI is InChI=1S/C21H40O2.C4H6O2/c1-3-5-6-7-8-9-10-11-12-13-14-15-16-17-18-19-20-23-21(22)4-2;1-3(2)4(5)6/h4H,2-3,5-20H2,1H3;1H2,2H3,(H,5,6). The second-order valence-electron chi connectivity index (χ2n) is 7.76. The van der Waals surface area contributed by atoms with Gasteiger partial charge in [0.15, 0.2) is 0 Å². The van der Waals surface area contributed by atoms with E-state index in [-0.39, 0.29) is 11.5 Å². The van der Waals surface area contributed by atoms with Crippen molar-refractivity contribution in [2.24, 2.45) is 0 Å². The summed E-state index contributed by atoms with van der Waals surface area (Å²) in [6.45, 7) is 10.8. The number of carbonyl (C=O) groups excluding carboxylic acids is 1. The Balaban J connectivity index is 0. The maximum absolute atomic E-state index is 10.8. The van der Waals surface area contributed by atoms with E-state index in [2.05, 4.69) is 20.1 Å². The van der Waals surface area contributed by atoms with Crippen LogP contribution in [0.2, 0.25) is 0 Å². The molecule has 0 aliphatic heterocycles. The highest BCUT2D eigenvalue weighted by molar-refractivity contribution is 5.84.